The summed E-state index contributed by atoms with van der Waals surface area (Å²) >= 11 is 3.51. The lowest BCUT2D eigenvalue weighted by Gasteiger charge is -2.30. The molecule has 1 atom stereocenters. The lowest BCUT2D eigenvalue weighted by atomic mass is 9.94. The molecule has 0 bridgehead atoms. The van der Waals surface area contributed by atoms with E-state index in [0.29, 0.717) is 39.2 Å². The Kier molecular flexibility index (Phi) is 6.52. The van der Waals surface area contributed by atoms with E-state index in [1.165, 1.54) is 14.2 Å². The molecule has 0 aliphatic carbocycles. The number of halogens is 1. The first-order valence-electron chi connectivity index (χ1n) is 8.25. The van der Waals surface area contributed by atoms with Gasteiger partial charge in [0.1, 0.15) is 0 Å². The lowest BCUT2D eigenvalue weighted by molar-refractivity contribution is -0.143. The van der Waals surface area contributed by atoms with Crippen LogP contribution < -0.4 is 20.1 Å². The van der Waals surface area contributed by atoms with Crippen molar-refractivity contribution in [1.82, 2.24) is 10.6 Å². The Balaban J connectivity index is 2.61. The molecule has 0 aromatic heterocycles. The van der Waals surface area contributed by atoms with Crippen molar-refractivity contribution in [2.45, 2.75) is 39.3 Å². The molecular weight excluding hydrogens is 404 g/mol. The monoisotopic (exact) mass is 426 g/mol. The predicted octanol–water partition coefficient (Wildman–Crippen LogP) is 3.44. The number of benzene rings is 1. The molecule has 7 nitrogen and oxygen atoms in total. The minimum absolute atomic E-state index is 0.278. The van der Waals surface area contributed by atoms with Crippen LogP contribution in [-0.4, -0.2) is 32.3 Å². The zero-order chi connectivity index (χ0) is 19.4. The molecule has 0 fully saturated rings. The van der Waals surface area contributed by atoms with Gasteiger partial charge in [0.15, 0.2) is 11.5 Å². The van der Waals surface area contributed by atoms with Crippen molar-refractivity contribution < 1.29 is 23.8 Å². The summed E-state index contributed by atoms with van der Waals surface area (Å²) in [5.74, 6) is 0.540. The van der Waals surface area contributed by atoms with Crippen molar-refractivity contribution in [3.05, 3.63) is 33.4 Å². The van der Waals surface area contributed by atoms with Crippen molar-refractivity contribution in [3.63, 3.8) is 0 Å². The van der Waals surface area contributed by atoms with Crippen molar-refractivity contribution in [2.75, 3.05) is 14.2 Å². The lowest BCUT2D eigenvalue weighted by Crippen LogP contribution is -2.46. The van der Waals surface area contributed by atoms with Crippen molar-refractivity contribution in [1.29, 1.82) is 0 Å². The summed E-state index contributed by atoms with van der Waals surface area (Å²) < 4.78 is 16.7. The van der Waals surface area contributed by atoms with Gasteiger partial charge in [-0.25, -0.2) is 9.59 Å². The van der Waals surface area contributed by atoms with E-state index in [9.17, 15) is 9.59 Å². The minimum Gasteiger partial charge on any atom is -0.493 e. The Hall–Kier alpha value is -2.22. The Bertz CT molecular complexity index is 745. The fraction of sp³-hybridized carbons (Fsp3) is 0.444. The van der Waals surface area contributed by atoms with Gasteiger partial charge < -0.3 is 24.8 Å². The summed E-state index contributed by atoms with van der Waals surface area (Å²) in [7, 11) is 3.06. The van der Waals surface area contributed by atoms with E-state index in [1.54, 1.807) is 26.0 Å². The van der Waals surface area contributed by atoms with E-state index in [0.717, 1.165) is 0 Å². The number of carbonyl (C=O) groups is 2. The van der Waals surface area contributed by atoms with Crippen LogP contribution in [0.5, 0.6) is 11.5 Å². The van der Waals surface area contributed by atoms with Crippen LogP contribution in [0.4, 0.5) is 4.79 Å². The summed E-state index contributed by atoms with van der Waals surface area (Å²) in [6.45, 7) is 5.42. The first-order valence-corrected chi connectivity index (χ1v) is 9.05. The molecule has 8 heteroatoms. The van der Waals surface area contributed by atoms with E-state index >= 15 is 0 Å². The van der Waals surface area contributed by atoms with Crippen molar-refractivity contribution >= 4 is 27.9 Å². The number of allylic oxidation sites excluding steroid dienone is 1. The molecule has 1 aliphatic rings. The third kappa shape index (κ3) is 3.95. The third-order valence-corrected chi connectivity index (χ3v) is 4.71. The van der Waals surface area contributed by atoms with E-state index < -0.39 is 12.0 Å². The Morgan fingerprint density at radius 2 is 1.96 bits per heavy atom. The van der Waals surface area contributed by atoms with Gasteiger partial charge in [0.2, 0.25) is 0 Å². The Labute approximate surface area is 161 Å². The highest BCUT2D eigenvalue weighted by Gasteiger charge is 2.35. The summed E-state index contributed by atoms with van der Waals surface area (Å²) in [6, 6.07) is 2.44. The molecule has 1 heterocycles. The first-order chi connectivity index (χ1) is 12.3. The highest BCUT2D eigenvalue weighted by molar-refractivity contribution is 9.10. The SMILES string of the molecule is CCC1=C(C(=O)OC(C)C)C(c2ccc(OC)c(OC)c2Br)NC(=O)N1. The zero-order valence-corrected chi connectivity index (χ0v) is 17.0. The van der Waals surface area contributed by atoms with E-state index in [2.05, 4.69) is 26.6 Å². The van der Waals surface area contributed by atoms with E-state index in [4.69, 9.17) is 14.2 Å². The molecule has 0 spiro atoms. The molecule has 1 aliphatic heterocycles. The van der Waals surface area contributed by atoms with Crippen molar-refractivity contribution in [2.24, 2.45) is 0 Å². The van der Waals surface area contributed by atoms with Crippen LogP contribution in [0.15, 0.2) is 27.9 Å². The fourth-order valence-corrected chi connectivity index (χ4v) is 3.49. The molecule has 2 amide bonds. The number of urea groups is 1. The zero-order valence-electron chi connectivity index (χ0n) is 15.4. The van der Waals surface area contributed by atoms with Crippen LogP contribution in [0.3, 0.4) is 0 Å². The highest BCUT2D eigenvalue weighted by atomic mass is 79.9. The average molecular weight is 427 g/mol. The highest BCUT2D eigenvalue weighted by Crippen LogP contribution is 2.42. The molecule has 2 N–H and O–H groups in total. The first kappa shape index (κ1) is 20.1. The molecule has 1 aromatic carbocycles. The topological polar surface area (TPSA) is 85.9 Å². The van der Waals surface area contributed by atoms with Gasteiger partial charge in [-0.05, 0) is 47.8 Å². The van der Waals surface area contributed by atoms with Gasteiger partial charge in [0, 0.05) is 5.70 Å². The second kappa shape index (κ2) is 8.44. The van der Waals surface area contributed by atoms with Crippen LogP contribution >= 0.6 is 15.9 Å². The molecule has 26 heavy (non-hydrogen) atoms. The Morgan fingerprint density at radius 1 is 1.27 bits per heavy atom. The number of esters is 1. The van der Waals surface area contributed by atoms with Gasteiger partial charge >= 0.3 is 12.0 Å². The number of hydrogen-bond donors (Lipinski definition) is 2. The fourth-order valence-electron chi connectivity index (χ4n) is 2.78. The quantitative estimate of drug-likeness (QED) is 0.680. The molecular formula is C18H23BrN2O5. The maximum Gasteiger partial charge on any atom is 0.338 e. The maximum atomic E-state index is 12.7. The number of hydrogen-bond acceptors (Lipinski definition) is 5. The number of amides is 2. The smallest absolute Gasteiger partial charge is 0.338 e. The van der Waals surface area contributed by atoms with E-state index in [1.807, 2.05) is 6.92 Å². The normalized spacial score (nSPS) is 16.9. The number of nitrogens with one attached hydrogen (secondary N) is 2. The van der Waals surface area contributed by atoms with Gasteiger partial charge in [-0.2, -0.15) is 0 Å². The van der Waals surface area contributed by atoms with Crippen LogP contribution in [0, 0.1) is 0 Å². The predicted molar refractivity (Wildman–Crippen MR) is 100 cm³/mol. The molecule has 2 rings (SSSR count). The number of methoxy groups -OCH3 is 2. The summed E-state index contributed by atoms with van der Waals surface area (Å²) in [5, 5.41) is 5.49. The average Bonchev–Trinajstić information content (AvgIpc) is 2.59. The number of rotatable bonds is 6. The Morgan fingerprint density at radius 3 is 2.50 bits per heavy atom. The van der Waals surface area contributed by atoms with Crippen LogP contribution in [-0.2, 0) is 9.53 Å². The van der Waals surface area contributed by atoms with Gasteiger partial charge in [-0.15, -0.1) is 0 Å². The van der Waals surface area contributed by atoms with Gasteiger partial charge in [-0.1, -0.05) is 13.0 Å². The molecule has 1 aromatic rings. The maximum absolute atomic E-state index is 12.7. The van der Waals surface area contributed by atoms with Crippen LogP contribution in [0.25, 0.3) is 0 Å². The number of carbonyl (C=O) groups excluding carboxylic acids is 2. The van der Waals surface area contributed by atoms with Crippen LogP contribution in [0.1, 0.15) is 38.8 Å². The molecule has 1 unspecified atom stereocenters. The van der Waals surface area contributed by atoms with Crippen LogP contribution in [0.2, 0.25) is 0 Å². The third-order valence-electron chi connectivity index (χ3n) is 3.90. The van der Waals surface area contributed by atoms with Crippen molar-refractivity contribution in [3.8, 4) is 11.5 Å². The summed E-state index contributed by atoms with van der Waals surface area (Å²) in [6.07, 6.45) is 0.206. The summed E-state index contributed by atoms with van der Waals surface area (Å²) in [4.78, 5) is 24.8. The van der Waals surface area contributed by atoms with E-state index in [-0.39, 0.29) is 12.1 Å². The minimum atomic E-state index is -0.681. The molecule has 0 saturated carbocycles. The van der Waals surface area contributed by atoms with Gasteiger partial charge in [0.25, 0.3) is 0 Å². The standard InChI is InChI=1S/C18H23BrN2O5/c1-6-11-13(17(22)26-9(2)3)15(21-18(23)20-11)10-7-8-12(24-4)16(25-5)14(10)19/h7-9,15H,6H2,1-5H3,(H2,20,21,23). The molecule has 0 saturated heterocycles. The molecule has 0 radical (unpaired) electrons. The second-order valence-corrected chi connectivity index (χ2v) is 6.73. The molecule has 142 valence electrons. The van der Waals surface area contributed by atoms with Gasteiger partial charge in [0.05, 0.1) is 36.4 Å². The number of ether oxygens (including phenoxy) is 3. The largest absolute Gasteiger partial charge is 0.493 e. The summed E-state index contributed by atoms with van der Waals surface area (Å²) in [5.41, 5.74) is 1.57. The van der Waals surface area contributed by atoms with Gasteiger partial charge in [-0.3, -0.25) is 0 Å². The second-order valence-electron chi connectivity index (χ2n) is 5.94.